The Balaban J connectivity index is 1.96. The molecule has 1 aliphatic rings. The van der Waals surface area contributed by atoms with Gasteiger partial charge in [-0.1, -0.05) is 91.0 Å². The monoisotopic (exact) mass is 368 g/mol. The van der Waals surface area contributed by atoms with Gasteiger partial charge in [0.1, 0.15) is 5.76 Å². The van der Waals surface area contributed by atoms with E-state index in [0.717, 1.165) is 33.6 Å². The molecule has 0 bridgehead atoms. The predicted molar refractivity (Wildman–Crippen MR) is 114 cm³/mol. The van der Waals surface area contributed by atoms with E-state index < -0.39 is 5.79 Å². The Morgan fingerprint density at radius 1 is 0.750 bits per heavy atom. The van der Waals surface area contributed by atoms with Crippen molar-refractivity contribution in [3.05, 3.63) is 119 Å². The number of hydrogen-bond donors (Lipinski definition) is 0. The second kappa shape index (κ2) is 7.87. The third kappa shape index (κ3) is 3.28. The maximum Gasteiger partial charge on any atom is 0.260 e. The van der Waals surface area contributed by atoms with Gasteiger partial charge in [-0.25, -0.2) is 0 Å². The van der Waals surface area contributed by atoms with E-state index in [2.05, 4.69) is 61.5 Å². The molecule has 2 nitrogen and oxygen atoms in total. The highest BCUT2D eigenvalue weighted by molar-refractivity contribution is 5.86. The van der Waals surface area contributed by atoms with Crippen LogP contribution >= 0.6 is 0 Å². The minimum Gasteiger partial charge on any atom is -0.453 e. The first-order chi connectivity index (χ1) is 13.7. The summed E-state index contributed by atoms with van der Waals surface area (Å²) in [6, 6.07) is 30.8. The zero-order valence-electron chi connectivity index (χ0n) is 16.3. The maximum absolute atomic E-state index is 6.63. The predicted octanol–water partition coefficient (Wildman–Crippen LogP) is 6.42. The third-order valence-electron chi connectivity index (χ3n) is 5.07. The first kappa shape index (κ1) is 18.3. The summed E-state index contributed by atoms with van der Waals surface area (Å²) >= 11 is 0. The maximum atomic E-state index is 6.63. The van der Waals surface area contributed by atoms with Gasteiger partial charge in [0.05, 0.1) is 0 Å². The quantitative estimate of drug-likeness (QED) is 0.517. The fourth-order valence-corrected chi connectivity index (χ4v) is 3.70. The van der Waals surface area contributed by atoms with E-state index in [1.165, 1.54) is 0 Å². The van der Waals surface area contributed by atoms with Crippen molar-refractivity contribution in [1.82, 2.24) is 0 Å². The molecule has 0 fully saturated rings. The Kier molecular flexibility index (Phi) is 5.14. The largest absolute Gasteiger partial charge is 0.453 e. The molecule has 3 aromatic rings. The van der Waals surface area contributed by atoms with E-state index in [-0.39, 0.29) is 0 Å². The summed E-state index contributed by atoms with van der Waals surface area (Å²) in [5, 5.41) is 0. The lowest BCUT2D eigenvalue weighted by atomic mass is 9.87. The Bertz CT molecular complexity index is 988. The summed E-state index contributed by atoms with van der Waals surface area (Å²) < 4.78 is 13.0. The summed E-state index contributed by atoms with van der Waals surface area (Å²) in [5.41, 5.74) is 5.35. The molecule has 3 aromatic carbocycles. The number of benzene rings is 3. The summed E-state index contributed by atoms with van der Waals surface area (Å²) in [6.45, 7) is 4.64. The average Bonchev–Trinajstić information content (AvgIpc) is 2.77. The standard InChI is InChI=1S/C26H24O2/c1-3-27-26(23-17-11-6-12-18-23)20(2)24(21-13-7-4-8-14-21)19-25(28-26)22-15-9-5-10-16-22/h4-19H,3H2,1-2H3. The third-order valence-corrected chi connectivity index (χ3v) is 5.07. The van der Waals surface area contributed by atoms with Crippen molar-refractivity contribution < 1.29 is 9.47 Å². The van der Waals surface area contributed by atoms with Crippen LogP contribution < -0.4 is 0 Å². The van der Waals surface area contributed by atoms with Crippen LogP contribution in [0.25, 0.3) is 11.3 Å². The van der Waals surface area contributed by atoms with Gasteiger partial charge in [0, 0.05) is 23.3 Å². The van der Waals surface area contributed by atoms with Gasteiger partial charge in [-0.05, 0) is 31.1 Å². The van der Waals surface area contributed by atoms with Crippen LogP contribution in [-0.4, -0.2) is 6.61 Å². The first-order valence-corrected chi connectivity index (χ1v) is 9.67. The Morgan fingerprint density at radius 3 is 1.86 bits per heavy atom. The molecular weight excluding hydrogens is 344 g/mol. The van der Waals surface area contributed by atoms with Gasteiger partial charge >= 0.3 is 0 Å². The van der Waals surface area contributed by atoms with Crippen LogP contribution in [0.3, 0.4) is 0 Å². The lowest BCUT2D eigenvalue weighted by molar-refractivity contribution is -0.177. The fourth-order valence-electron chi connectivity index (χ4n) is 3.70. The molecule has 140 valence electrons. The molecule has 1 heterocycles. The van der Waals surface area contributed by atoms with Crippen molar-refractivity contribution in [2.45, 2.75) is 19.6 Å². The Morgan fingerprint density at radius 2 is 1.29 bits per heavy atom. The van der Waals surface area contributed by atoms with Gasteiger partial charge in [-0.15, -0.1) is 0 Å². The molecule has 0 saturated heterocycles. The molecular formula is C26H24O2. The average molecular weight is 368 g/mol. The van der Waals surface area contributed by atoms with Crippen molar-refractivity contribution in [3.8, 4) is 0 Å². The molecule has 0 N–H and O–H groups in total. The van der Waals surface area contributed by atoms with Crippen molar-refractivity contribution >= 4 is 11.3 Å². The normalized spacial score (nSPS) is 19.1. The summed E-state index contributed by atoms with van der Waals surface area (Å²) in [6.07, 6.45) is 2.13. The van der Waals surface area contributed by atoms with Gasteiger partial charge in [0.25, 0.3) is 5.79 Å². The van der Waals surface area contributed by atoms with Crippen LogP contribution in [0.2, 0.25) is 0 Å². The van der Waals surface area contributed by atoms with Crippen LogP contribution in [0.5, 0.6) is 0 Å². The Hall–Kier alpha value is -3.10. The number of allylic oxidation sites excluding steroid dienone is 2. The minimum atomic E-state index is -0.957. The molecule has 2 heteroatoms. The highest BCUT2D eigenvalue weighted by Crippen LogP contribution is 2.46. The molecule has 0 aliphatic carbocycles. The molecule has 4 rings (SSSR count). The molecule has 0 radical (unpaired) electrons. The molecule has 0 saturated carbocycles. The highest BCUT2D eigenvalue weighted by Gasteiger charge is 2.42. The van der Waals surface area contributed by atoms with Gasteiger partial charge in [-0.3, -0.25) is 0 Å². The van der Waals surface area contributed by atoms with E-state index >= 15 is 0 Å². The fraction of sp³-hybridized carbons (Fsp3) is 0.154. The van der Waals surface area contributed by atoms with E-state index in [4.69, 9.17) is 9.47 Å². The van der Waals surface area contributed by atoms with Gasteiger partial charge in [0.2, 0.25) is 0 Å². The first-order valence-electron chi connectivity index (χ1n) is 9.67. The summed E-state index contributed by atoms with van der Waals surface area (Å²) in [5.74, 6) is -0.149. The van der Waals surface area contributed by atoms with Crippen LogP contribution in [-0.2, 0) is 15.3 Å². The van der Waals surface area contributed by atoms with Crippen molar-refractivity contribution in [2.24, 2.45) is 0 Å². The van der Waals surface area contributed by atoms with Crippen LogP contribution in [0.4, 0.5) is 0 Å². The SMILES string of the molecule is CCOC1(c2ccccc2)OC(c2ccccc2)=CC(c2ccccc2)=C1C. The van der Waals surface area contributed by atoms with Gasteiger partial charge < -0.3 is 9.47 Å². The van der Waals surface area contributed by atoms with Gasteiger partial charge in [-0.2, -0.15) is 0 Å². The molecule has 1 unspecified atom stereocenters. The van der Waals surface area contributed by atoms with Crippen molar-refractivity contribution in [2.75, 3.05) is 6.61 Å². The molecule has 1 atom stereocenters. The molecule has 28 heavy (non-hydrogen) atoms. The van der Waals surface area contributed by atoms with E-state index in [1.807, 2.05) is 49.4 Å². The molecule has 0 amide bonds. The number of rotatable bonds is 5. The van der Waals surface area contributed by atoms with Gasteiger partial charge in [0.15, 0.2) is 0 Å². The smallest absolute Gasteiger partial charge is 0.260 e. The molecule has 1 aliphatic heterocycles. The van der Waals surface area contributed by atoms with Crippen molar-refractivity contribution in [1.29, 1.82) is 0 Å². The van der Waals surface area contributed by atoms with Crippen molar-refractivity contribution in [3.63, 3.8) is 0 Å². The van der Waals surface area contributed by atoms with Crippen LogP contribution in [0, 0.1) is 0 Å². The lowest BCUT2D eigenvalue weighted by Crippen LogP contribution is -2.36. The second-order valence-electron chi connectivity index (χ2n) is 6.80. The minimum absolute atomic E-state index is 0.538. The zero-order chi connectivity index (χ0) is 19.4. The molecule has 0 aromatic heterocycles. The van der Waals surface area contributed by atoms with E-state index in [0.29, 0.717) is 6.61 Å². The number of hydrogen-bond acceptors (Lipinski definition) is 2. The lowest BCUT2D eigenvalue weighted by Gasteiger charge is -2.40. The highest BCUT2D eigenvalue weighted by atomic mass is 16.7. The zero-order valence-corrected chi connectivity index (χ0v) is 16.3. The van der Waals surface area contributed by atoms with Crippen LogP contribution in [0.1, 0.15) is 30.5 Å². The van der Waals surface area contributed by atoms with E-state index in [1.54, 1.807) is 0 Å². The van der Waals surface area contributed by atoms with Crippen LogP contribution in [0.15, 0.2) is 103 Å². The Labute approximate surface area is 166 Å². The van der Waals surface area contributed by atoms with E-state index in [9.17, 15) is 0 Å². The summed E-state index contributed by atoms with van der Waals surface area (Å²) in [4.78, 5) is 0. The summed E-state index contributed by atoms with van der Waals surface area (Å²) in [7, 11) is 0. The molecule has 0 spiro atoms. The number of ether oxygens (including phenoxy) is 2. The topological polar surface area (TPSA) is 18.5 Å². The second-order valence-corrected chi connectivity index (χ2v) is 6.80.